The van der Waals surface area contributed by atoms with Gasteiger partial charge in [-0.2, -0.15) is 13.2 Å². The van der Waals surface area contributed by atoms with Crippen LogP contribution < -0.4 is 0 Å². The number of halogens is 4. The third-order valence-electron chi connectivity index (χ3n) is 3.96. The molecule has 0 spiro atoms. The van der Waals surface area contributed by atoms with E-state index in [1.807, 2.05) is 18.5 Å². The summed E-state index contributed by atoms with van der Waals surface area (Å²) in [4.78, 5) is 0. The molecule has 1 heterocycles. The van der Waals surface area contributed by atoms with Gasteiger partial charge in [0, 0.05) is 29.2 Å². The highest BCUT2D eigenvalue weighted by atomic mass is 19.4. The van der Waals surface area contributed by atoms with Gasteiger partial charge in [-0.25, -0.2) is 4.39 Å². The Bertz CT molecular complexity index is 842. The van der Waals surface area contributed by atoms with Gasteiger partial charge in [-0.15, -0.1) is 0 Å². The summed E-state index contributed by atoms with van der Waals surface area (Å²) in [6, 6.07) is 9.41. The maximum atomic E-state index is 13.5. The third-order valence-corrected chi connectivity index (χ3v) is 3.96. The van der Waals surface area contributed by atoms with Crippen molar-refractivity contribution < 1.29 is 17.6 Å². The molecule has 0 unspecified atom stereocenters. The number of fused-ring (bicyclic) bond motifs is 1. The molecule has 0 N–H and O–H groups in total. The number of hydrogen-bond acceptors (Lipinski definition) is 0. The van der Waals surface area contributed by atoms with E-state index in [1.165, 1.54) is 24.3 Å². The molecule has 0 saturated carbocycles. The zero-order valence-corrected chi connectivity index (χ0v) is 12.0. The van der Waals surface area contributed by atoms with E-state index in [2.05, 4.69) is 0 Å². The van der Waals surface area contributed by atoms with Crippen molar-refractivity contribution in [2.24, 2.45) is 7.05 Å². The normalized spacial score (nSPS) is 12.1. The van der Waals surface area contributed by atoms with Crippen molar-refractivity contribution >= 4 is 10.9 Å². The van der Waals surface area contributed by atoms with Crippen molar-refractivity contribution in [2.45, 2.75) is 13.1 Å². The molecule has 0 radical (unpaired) electrons. The van der Waals surface area contributed by atoms with Crippen molar-refractivity contribution in [3.05, 3.63) is 59.5 Å². The van der Waals surface area contributed by atoms with Gasteiger partial charge in [0.1, 0.15) is 5.82 Å². The monoisotopic (exact) mass is 307 g/mol. The van der Waals surface area contributed by atoms with E-state index < -0.39 is 11.7 Å². The molecule has 0 amide bonds. The number of aryl methyl sites for hydroxylation is 1. The summed E-state index contributed by atoms with van der Waals surface area (Å²) < 4.78 is 53.4. The minimum atomic E-state index is -4.36. The van der Waals surface area contributed by atoms with Crippen LogP contribution in [-0.2, 0) is 13.2 Å². The second kappa shape index (κ2) is 4.87. The Morgan fingerprint density at radius 1 is 0.955 bits per heavy atom. The van der Waals surface area contributed by atoms with Crippen molar-refractivity contribution in [3.8, 4) is 11.1 Å². The Kier molecular flexibility index (Phi) is 3.24. The molecule has 5 heteroatoms. The molecule has 0 atom stereocenters. The van der Waals surface area contributed by atoms with Crippen molar-refractivity contribution in [3.63, 3.8) is 0 Å². The summed E-state index contributed by atoms with van der Waals surface area (Å²) in [6.45, 7) is 1.87. The lowest BCUT2D eigenvalue weighted by Crippen LogP contribution is -2.04. The summed E-state index contributed by atoms with van der Waals surface area (Å²) >= 11 is 0. The van der Waals surface area contributed by atoms with Gasteiger partial charge >= 0.3 is 6.18 Å². The third kappa shape index (κ3) is 2.26. The number of nitrogens with zero attached hydrogens (tertiary/aromatic N) is 1. The molecule has 0 aliphatic heterocycles. The van der Waals surface area contributed by atoms with Gasteiger partial charge in [0.2, 0.25) is 0 Å². The van der Waals surface area contributed by atoms with Crippen LogP contribution in [0, 0.1) is 12.7 Å². The maximum absolute atomic E-state index is 13.5. The lowest BCUT2D eigenvalue weighted by Gasteiger charge is -2.08. The van der Waals surface area contributed by atoms with E-state index in [-0.39, 0.29) is 5.82 Å². The summed E-state index contributed by atoms with van der Waals surface area (Å²) in [5, 5.41) is 0.694. The minimum Gasteiger partial charge on any atom is -0.347 e. The molecule has 0 saturated heterocycles. The van der Waals surface area contributed by atoms with Crippen LogP contribution >= 0.6 is 0 Å². The fourth-order valence-electron chi connectivity index (χ4n) is 2.73. The summed E-state index contributed by atoms with van der Waals surface area (Å²) in [5.74, 6) is -0.369. The first kappa shape index (κ1) is 14.6. The minimum absolute atomic E-state index is 0.369. The Morgan fingerprint density at radius 2 is 1.59 bits per heavy atom. The lowest BCUT2D eigenvalue weighted by molar-refractivity contribution is -0.137. The second-order valence-electron chi connectivity index (χ2n) is 5.26. The highest BCUT2D eigenvalue weighted by molar-refractivity contribution is 5.98. The van der Waals surface area contributed by atoms with Crippen LogP contribution in [0.15, 0.2) is 42.5 Å². The fraction of sp³-hybridized carbons (Fsp3) is 0.176. The quantitative estimate of drug-likeness (QED) is 0.537. The maximum Gasteiger partial charge on any atom is 0.416 e. The number of benzene rings is 2. The van der Waals surface area contributed by atoms with E-state index in [0.717, 1.165) is 28.9 Å². The molecule has 1 aromatic heterocycles. The molecule has 0 aliphatic carbocycles. The molecule has 22 heavy (non-hydrogen) atoms. The molecular formula is C17H13F4N. The van der Waals surface area contributed by atoms with Crippen LogP contribution in [0.4, 0.5) is 17.6 Å². The smallest absolute Gasteiger partial charge is 0.347 e. The average Bonchev–Trinajstić information content (AvgIpc) is 2.70. The fourth-order valence-corrected chi connectivity index (χ4v) is 2.73. The standard InChI is InChI=1S/C17H13F4N/c1-10-16(11-3-5-12(6-4-11)17(19,20)21)14-9-13(18)7-8-15(14)22(10)2/h3-9H,1-2H3. The highest BCUT2D eigenvalue weighted by Crippen LogP contribution is 2.36. The summed E-state index contributed by atoms with van der Waals surface area (Å²) in [5.41, 5.74) is 2.42. The first-order chi connectivity index (χ1) is 10.3. The predicted molar refractivity (Wildman–Crippen MR) is 78.1 cm³/mol. The molecular weight excluding hydrogens is 294 g/mol. The SMILES string of the molecule is Cc1c(-c2ccc(C(F)(F)F)cc2)c2cc(F)ccc2n1C. The van der Waals surface area contributed by atoms with E-state index in [1.54, 1.807) is 6.07 Å². The number of rotatable bonds is 1. The van der Waals surface area contributed by atoms with Crippen LogP contribution in [0.25, 0.3) is 22.0 Å². The Hall–Kier alpha value is -2.30. The van der Waals surface area contributed by atoms with Gasteiger partial charge in [-0.1, -0.05) is 12.1 Å². The highest BCUT2D eigenvalue weighted by Gasteiger charge is 2.30. The first-order valence-electron chi connectivity index (χ1n) is 6.71. The van der Waals surface area contributed by atoms with Gasteiger partial charge in [-0.05, 0) is 42.8 Å². The van der Waals surface area contributed by atoms with Crippen molar-refractivity contribution in [2.75, 3.05) is 0 Å². The molecule has 2 aromatic carbocycles. The van der Waals surface area contributed by atoms with Gasteiger partial charge in [0.25, 0.3) is 0 Å². The summed E-state index contributed by atoms with van der Waals surface area (Å²) in [7, 11) is 1.85. The summed E-state index contributed by atoms with van der Waals surface area (Å²) in [6.07, 6.45) is -4.36. The van der Waals surface area contributed by atoms with Crippen molar-refractivity contribution in [1.29, 1.82) is 0 Å². The van der Waals surface area contributed by atoms with E-state index >= 15 is 0 Å². The van der Waals surface area contributed by atoms with E-state index in [4.69, 9.17) is 0 Å². The van der Waals surface area contributed by atoms with Crippen LogP contribution in [0.3, 0.4) is 0 Å². The van der Waals surface area contributed by atoms with Gasteiger partial charge in [0.05, 0.1) is 5.56 Å². The molecule has 1 nitrogen and oxygen atoms in total. The Labute approximate surface area is 124 Å². The largest absolute Gasteiger partial charge is 0.416 e. The lowest BCUT2D eigenvalue weighted by atomic mass is 10.0. The first-order valence-corrected chi connectivity index (χ1v) is 6.71. The van der Waals surface area contributed by atoms with Crippen molar-refractivity contribution in [1.82, 2.24) is 4.57 Å². The molecule has 0 fully saturated rings. The van der Waals surface area contributed by atoms with Gasteiger partial charge in [0.15, 0.2) is 0 Å². The molecule has 114 valence electrons. The van der Waals surface area contributed by atoms with Crippen LogP contribution in [0.1, 0.15) is 11.3 Å². The number of alkyl halides is 3. The van der Waals surface area contributed by atoms with Crippen LogP contribution in [0.5, 0.6) is 0 Å². The van der Waals surface area contributed by atoms with Gasteiger partial charge < -0.3 is 4.57 Å². The molecule has 0 aliphatic rings. The zero-order chi connectivity index (χ0) is 16.1. The topological polar surface area (TPSA) is 4.93 Å². The van der Waals surface area contributed by atoms with E-state index in [9.17, 15) is 17.6 Å². The van der Waals surface area contributed by atoms with E-state index in [0.29, 0.717) is 10.9 Å². The Morgan fingerprint density at radius 3 is 2.18 bits per heavy atom. The Balaban J connectivity index is 2.22. The average molecular weight is 307 g/mol. The second-order valence-corrected chi connectivity index (χ2v) is 5.26. The number of aromatic nitrogens is 1. The van der Waals surface area contributed by atoms with Crippen LogP contribution in [0.2, 0.25) is 0 Å². The molecule has 3 rings (SSSR count). The molecule has 0 bridgehead atoms. The molecule has 3 aromatic rings. The van der Waals surface area contributed by atoms with Gasteiger partial charge in [-0.3, -0.25) is 0 Å². The predicted octanol–water partition coefficient (Wildman–Crippen LogP) is 5.31. The van der Waals surface area contributed by atoms with Crippen LogP contribution in [-0.4, -0.2) is 4.57 Å². The number of hydrogen-bond donors (Lipinski definition) is 0. The zero-order valence-electron chi connectivity index (χ0n) is 12.0.